The van der Waals surface area contributed by atoms with Crippen LogP contribution in [0, 0.1) is 13.8 Å². The van der Waals surface area contributed by atoms with Crippen LogP contribution in [-0.4, -0.2) is 20.0 Å². The van der Waals surface area contributed by atoms with E-state index in [9.17, 15) is 0 Å². The average molecular weight is 503 g/mol. The summed E-state index contributed by atoms with van der Waals surface area (Å²) in [4.78, 5) is 1.43. The lowest BCUT2D eigenvalue weighted by atomic mass is 9.73. The molecule has 0 spiro atoms. The predicted molar refractivity (Wildman–Crippen MR) is 154 cm³/mol. The average Bonchev–Trinajstić information content (AvgIpc) is 3.30. The summed E-state index contributed by atoms with van der Waals surface area (Å²) in [5, 5.41) is 4.04. The molecule has 1 fully saturated rings. The first-order chi connectivity index (χ1) is 17.8. The highest BCUT2D eigenvalue weighted by molar-refractivity contribution is 7.22. The number of hydrogen-bond acceptors (Lipinski definition) is 3. The lowest BCUT2D eigenvalue weighted by molar-refractivity contribution is -0.136. The van der Waals surface area contributed by atoms with Gasteiger partial charge in [-0.3, -0.25) is 0 Å². The Kier molecular flexibility index (Phi) is 4.11. The first-order valence-electron chi connectivity index (χ1n) is 13.2. The van der Waals surface area contributed by atoms with Gasteiger partial charge < -0.3 is 9.47 Å². The van der Waals surface area contributed by atoms with Crippen molar-refractivity contribution >= 4 is 32.2 Å². The fraction of sp³-hybridized carbons (Fsp3) is 0.294. The molecule has 5 aromatic rings. The summed E-state index contributed by atoms with van der Waals surface area (Å²) in [6.07, 6.45) is 0. The van der Waals surface area contributed by atoms with Crippen LogP contribution in [0.25, 0.3) is 42.4 Å². The Bertz CT molecular complexity index is 1820. The molecule has 0 N–H and O–H groups in total. The molecule has 2 atom stereocenters. The smallest absolute Gasteiger partial charge is 0.182 e. The van der Waals surface area contributed by atoms with E-state index in [0.29, 0.717) is 0 Å². The molecule has 8 rings (SSSR count). The Morgan fingerprint density at radius 1 is 0.757 bits per heavy atom. The SMILES string of the molecule is COC1(OC)C2c3cc4c(C)cc(C)cc4cc3-c3c(ccc4c3C(C)(C)c3c-4sc4ccccc34)C21. The zero-order valence-corrected chi connectivity index (χ0v) is 23.0. The van der Waals surface area contributed by atoms with E-state index < -0.39 is 5.79 Å². The van der Waals surface area contributed by atoms with Crippen LogP contribution in [0.2, 0.25) is 0 Å². The maximum atomic E-state index is 6.18. The van der Waals surface area contributed by atoms with Gasteiger partial charge in [0.2, 0.25) is 0 Å². The number of fused-ring (bicyclic) bond motifs is 13. The zero-order valence-electron chi connectivity index (χ0n) is 22.2. The van der Waals surface area contributed by atoms with Crippen LogP contribution >= 0.6 is 11.3 Å². The Hall–Kier alpha value is -2.98. The normalized spacial score (nSPS) is 21.4. The van der Waals surface area contributed by atoms with Crippen LogP contribution in [0.15, 0.2) is 60.7 Å². The van der Waals surface area contributed by atoms with Crippen LogP contribution in [-0.2, 0) is 14.9 Å². The number of rotatable bonds is 2. The van der Waals surface area contributed by atoms with Crippen LogP contribution in [0.3, 0.4) is 0 Å². The second-order valence-electron chi connectivity index (χ2n) is 11.7. The van der Waals surface area contributed by atoms with Gasteiger partial charge in [-0.25, -0.2) is 0 Å². The topological polar surface area (TPSA) is 18.5 Å². The number of thiophene rings is 1. The molecular weight excluding hydrogens is 472 g/mol. The molecule has 3 aliphatic rings. The molecule has 0 amide bonds. The molecule has 1 aromatic heterocycles. The highest BCUT2D eigenvalue weighted by Gasteiger charge is 2.71. The van der Waals surface area contributed by atoms with Gasteiger partial charge in [-0.05, 0) is 92.7 Å². The number of hydrogen-bond donors (Lipinski definition) is 0. The second-order valence-corrected chi connectivity index (χ2v) is 12.8. The first kappa shape index (κ1) is 22.0. The maximum absolute atomic E-state index is 6.18. The van der Waals surface area contributed by atoms with Crippen LogP contribution in [0.4, 0.5) is 0 Å². The molecule has 4 aromatic carbocycles. The van der Waals surface area contributed by atoms with E-state index in [-0.39, 0.29) is 17.3 Å². The molecule has 0 saturated heterocycles. The first-order valence-corrected chi connectivity index (χ1v) is 14.0. The van der Waals surface area contributed by atoms with Gasteiger partial charge in [0, 0.05) is 29.2 Å². The fourth-order valence-corrected chi connectivity index (χ4v) is 9.38. The van der Waals surface area contributed by atoms with E-state index in [1.54, 1.807) is 14.2 Å². The Balaban J connectivity index is 1.50. The van der Waals surface area contributed by atoms with Crippen LogP contribution in [0.1, 0.15) is 59.1 Å². The zero-order chi connectivity index (χ0) is 25.4. The summed E-state index contributed by atoms with van der Waals surface area (Å²) in [5.74, 6) is -0.210. The quantitative estimate of drug-likeness (QED) is 0.225. The van der Waals surface area contributed by atoms with Crippen molar-refractivity contribution in [3.05, 3.63) is 94.0 Å². The molecule has 1 heterocycles. The third-order valence-corrected chi connectivity index (χ3v) is 10.7. The lowest BCUT2D eigenvalue weighted by Gasteiger charge is -2.29. The third-order valence-electron chi connectivity index (χ3n) is 9.47. The minimum Gasteiger partial charge on any atom is -0.352 e. The van der Waals surface area contributed by atoms with Crippen LogP contribution in [0.5, 0.6) is 0 Å². The number of ether oxygens (including phenoxy) is 2. The molecule has 3 heteroatoms. The van der Waals surface area contributed by atoms with Crippen molar-refractivity contribution < 1.29 is 9.47 Å². The summed E-state index contributed by atoms with van der Waals surface area (Å²) >= 11 is 1.94. The predicted octanol–water partition coefficient (Wildman–Crippen LogP) is 8.83. The second kappa shape index (κ2) is 6.91. The van der Waals surface area contributed by atoms with Gasteiger partial charge in [0.1, 0.15) is 0 Å². The lowest BCUT2D eigenvalue weighted by Crippen LogP contribution is -2.19. The van der Waals surface area contributed by atoms with E-state index in [1.807, 2.05) is 11.3 Å². The van der Waals surface area contributed by atoms with Gasteiger partial charge in [-0.15, -0.1) is 11.3 Å². The Morgan fingerprint density at radius 2 is 1.51 bits per heavy atom. The van der Waals surface area contributed by atoms with E-state index >= 15 is 0 Å². The molecule has 184 valence electrons. The van der Waals surface area contributed by atoms with Gasteiger partial charge in [-0.1, -0.05) is 61.9 Å². The minimum atomic E-state index is -0.610. The van der Waals surface area contributed by atoms with Crippen LogP contribution < -0.4 is 0 Å². The molecule has 2 unspecified atom stereocenters. The standard InChI is InChI=1S/C34H30O2S/c1-17-13-18(2)23-16-25-24(15-19(23)14-17)27-21(29-30(25)34(29,35-5)36-6)11-12-22-28(27)33(3,4)31-20-9-7-8-10-26(20)37-32(22)31/h7-16,29-30H,1-6H3. The van der Waals surface area contributed by atoms with Crippen molar-refractivity contribution in [3.63, 3.8) is 0 Å². The van der Waals surface area contributed by atoms with Gasteiger partial charge in [-0.2, -0.15) is 0 Å². The van der Waals surface area contributed by atoms with E-state index in [0.717, 1.165) is 0 Å². The van der Waals surface area contributed by atoms with Gasteiger partial charge in [0.25, 0.3) is 0 Å². The summed E-state index contributed by atoms with van der Waals surface area (Å²) in [7, 11) is 3.61. The Morgan fingerprint density at radius 3 is 2.30 bits per heavy atom. The fourth-order valence-electron chi connectivity index (χ4n) is 7.99. The van der Waals surface area contributed by atoms with Gasteiger partial charge in [0.15, 0.2) is 5.79 Å². The largest absolute Gasteiger partial charge is 0.352 e. The van der Waals surface area contributed by atoms with E-state index in [2.05, 4.69) is 88.4 Å². The summed E-state index contributed by atoms with van der Waals surface area (Å²) in [6, 6.07) is 23.2. The number of aryl methyl sites for hydroxylation is 2. The van der Waals surface area contributed by atoms with Crippen molar-refractivity contribution in [2.75, 3.05) is 14.2 Å². The summed E-state index contributed by atoms with van der Waals surface area (Å²) < 4.78 is 13.7. The van der Waals surface area contributed by atoms with Crippen molar-refractivity contribution in [2.24, 2.45) is 0 Å². The molecule has 3 aliphatic carbocycles. The van der Waals surface area contributed by atoms with Gasteiger partial charge in [0.05, 0.1) is 11.8 Å². The third kappa shape index (κ3) is 2.49. The molecular formula is C34H30O2S. The van der Waals surface area contributed by atoms with E-state index in [4.69, 9.17) is 9.47 Å². The molecule has 0 aliphatic heterocycles. The van der Waals surface area contributed by atoms with E-state index in [1.165, 1.54) is 75.8 Å². The highest BCUT2D eigenvalue weighted by Crippen LogP contribution is 2.73. The monoisotopic (exact) mass is 502 g/mol. The molecule has 1 saturated carbocycles. The molecule has 2 nitrogen and oxygen atoms in total. The van der Waals surface area contributed by atoms with Crippen molar-refractivity contribution in [1.29, 1.82) is 0 Å². The van der Waals surface area contributed by atoms with Crippen molar-refractivity contribution in [2.45, 2.75) is 50.7 Å². The molecule has 0 radical (unpaired) electrons. The number of benzene rings is 4. The Labute approximate surface area is 221 Å². The summed E-state index contributed by atoms with van der Waals surface area (Å²) in [5.41, 5.74) is 12.4. The molecule has 37 heavy (non-hydrogen) atoms. The highest BCUT2D eigenvalue weighted by atomic mass is 32.1. The van der Waals surface area contributed by atoms with Crippen molar-refractivity contribution in [3.8, 4) is 21.6 Å². The maximum Gasteiger partial charge on any atom is 0.182 e. The minimum absolute atomic E-state index is 0.102. The molecule has 0 bridgehead atoms. The number of methoxy groups -OCH3 is 2. The van der Waals surface area contributed by atoms with Crippen molar-refractivity contribution in [1.82, 2.24) is 0 Å². The van der Waals surface area contributed by atoms with Gasteiger partial charge >= 0.3 is 0 Å². The summed E-state index contributed by atoms with van der Waals surface area (Å²) in [6.45, 7) is 9.27.